The van der Waals surface area contributed by atoms with Crippen LogP contribution in [0.5, 0.6) is 5.75 Å². The molecule has 0 unspecified atom stereocenters. The Balaban J connectivity index is 1.47. The molecular weight excluding hydrogens is 290 g/mol. The Hall–Kier alpha value is -2.11. The smallest absolute Gasteiger partial charge is 0.126 e. The summed E-state index contributed by atoms with van der Waals surface area (Å²) < 4.78 is 11.2. The highest BCUT2D eigenvalue weighted by Crippen LogP contribution is 2.33. The highest BCUT2D eigenvalue weighted by molar-refractivity contribution is 5.57. The van der Waals surface area contributed by atoms with Gasteiger partial charge in [0.05, 0.1) is 19.4 Å². The molecule has 2 N–H and O–H groups in total. The van der Waals surface area contributed by atoms with Gasteiger partial charge in [-0.1, -0.05) is 30.4 Å². The van der Waals surface area contributed by atoms with Crippen LogP contribution in [0.25, 0.3) is 6.08 Å². The third-order valence-corrected chi connectivity index (χ3v) is 4.17. The molecule has 0 saturated carbocycles. The fraction of sp³-hybridized carbons (Fsp3) is 0.389. The van der Waals surface area contributed by atoms with Gasteiger partial charge in [0.1, 0.15) is 5.75 Å². The zero-order valence-corrected chi connectivity index (χ0v) is 13.4. The SMILES string of the molecule is COc1ccccc1/C=C/CNC[C@H]1CCO[C@@H]1c1cn[nH]c1. The van der Waals surface area contributed by atoms with Gasteiger partial charge in [0.15, 0.2) is 0 Å². The Bertz CT molecular complexity index is 625. The number of nitrogens with zero attached hydrogens (tertiary/aromatic N) is 1. The predicted molar refractivity (Wildman–Crippen MR) is 90.3 cm³/mol. The van der Waals surface area contributed by atoms with Crippen molar-refractivity contribution in [3.63, 3.8) is 0 Å². The van der Waals surface area contributed by atoms with Crippen LogP contribution in [-0.2, 0) is 4.74 Å². The van der Waals surface area contributed by atoms with Crippen LogP contribution in [0.15, 0.2) is 42.7 Å². The predicted octanol–water partition coefficient (Wildman–Crippen LogP) is 2.80. The molecule has 1 aliphatic rings. The third kappa shape index (κ3) is 4.00. The van der Waals surface area contributed by atoms with Crippen molar-refractivity contribution < 1.29 is 9.47 Å². The van der Waals surface area contributed by atoms with Crippen molar-refractivity contribution in [2.45, 2.75) is 12.5 Å². The molecule has 1 saturated heterocycles. The summed E-state index contributed by atoms with van der Waals surface area (Å²) in [4.78, 5) is 0. The molecule has 122 valence electrons. The summed E-state index contributed by atoms with van der Waals surface area (Å²) in [7, 11) is 1.70. The summed E-state index contributed by atoms with van der Waals surface area (Å²) in [6.07, 6.45) is 9.22. The summed E-state index contributed by atoms with van der Waals surface area (Å²) in [5.41, 5.74) is 2.23. The molecule has 0 radical (unpaired) electrons. The van der Waals surface area contributed by atoms with Gasteiger partial charge in [0, 0.05) is 42.9 Å². The van der Waals surface area contributed by atoms with Crippen molar-refractivity contribution in [1.29, 1.82) is 0 Å². The molecule has 23 heavy (non-hydrogen) atoms. The van der Waals surface area contributed by atoms with E-state index in [1.54, 1.807) is 7.11 Å². The average Bonchev–Trinajstić information content (AvgIpc) is 3.26. The zero-order valence-electron chi connectivity index (χ0n) is 13.4. The first-order valence-corrected chi connectivity index (χ1v) is 7.99. The fourth-order valence-corrected chi connectivity index (χ4v) is 2.97. The molecule has 2 heterocycles. The number of nitrogens with one attached hydrogen (secondary N) is 2. The number of rotatable bonds is 7. The number of benzene rings is 1. The summed E-state index contributed by atoms with van der Waals surface area (Å²) in [6, 6.07) is 8.01. The molecule has 0 bridgehead atoms. The van der Waals surface area contributed by atoms with E-state index in [-0.39, 0.29) is 6.10 Å². The molecule has 2 aromatic rings. The Morgan fingerprint density at radius 3 is 3.17 bits per heavy atom. The molecule has 5 nitrogen and oxygen atoms in total. The van der Waals surface area contributed by atoms with Gasteiger partial charge in [-0.15, -0.1) is 0 Å². The van der Waals surface area contributed by atoms with Gasteiger partial charge in [-0.25, -0.2) is 0 Å². The second kappa shape index (κ2) is 7.94. The number of H-pyrrole nitrogens is 1. The number of hydrogen-bond donors (Lipinski definition) is 2. The topological polar surface area (TPSA) is 59.2 Å². The molecular formula is C18H23N3O2. The van der Waals surface area contributed by atoms with Crippen LogP contribution in [0, 0.1) is 5.92 Å². The number of ether oxygens (including phenoxy) is 2. The fourth-order valence-electron chi connectivity index (χ4n) is 2.97. The Morgan fingerprint density at radius 2 is 2.35 bits per heavy atom. The van der Waals surface area contributed by atoms with E-state index in [9.17, 15) is 0 Å². The van der Waals surface area contributed by atoms with Crippen molar-refractivity contribution >= 4 is 6.08 Å². The summed E-state index contributed by atoms with van der Waals surface area (Å²) >= 11 is 0. The summed E-state index contributed by atoms with van der Waals surface area (Å²) in [6.45, 7) is 2.58. The van der Waals surface area contributed by atoms with Crippen molar-refractivity contribution in [3.05, 3.63) is 53.9 Å². The quantitative estimate of drug-likeness (QED) is 0.772. The first-order valence-electron chi connectivity index (χ1n) is 7.99. The van der Waals surface area contributed by atoms with Gasteiger partial charge in [-0.05, 0) is 12.5 Å². The van der Waals surface area contributed by atoms with Gasteiger partial charge < -0.3 is 14.8 Å². The number of aromatic amines is 1. The largest absolute Gasteiger partial charge is 0.496 e. The minimum Gasteiger partial charge on any atom is -0.496 e. The van der Waals surface area contributed by atoms with E-state index in [1.165, 1.54) is 0 Å². The monoisotopic (exact) mass is 313 g/mol. The van der Waals surface area contributed by atoms with E-state index in [2.05, 4.69) is 33.7 Å². The molecule has 5 heteroatoms. The van der Waals surface area contributed by atoms with Gasteiger partial charge in [-0.3, -0.25) is 5.10 Å². The van der Waals surface area contributed by atoms with Crippen LogP contribution in [0.1, 0.15) is 23.7 Å². The van der Waals surface area contributed by atoms with E-state index in [4.69, 9.17) is 9.47 Å². The molecule has 0 aliphatic carbocycles. The number of aromatic nitrogens is 2. The van der Waals surface area contributed by atoms with Crippen LogP contribution in [0.3, 0.4) is 0 Å². The molecule has 1 fully saturated rings. The summed E-state index contributed by atoms with van der Waals surface area (Å²) in [5, 5.41) is 10.4. The number of para-hydroxylation sites is 1. The van der Waals surface area contributed by atoms with Crippen molar-refractivity contribution in [3.8, 4) is 5.75 Å². The van der Waals surface area contributed by atoms with Crippen LogP contribution in [0.2, 0.25) is 0 Å². The summed E-state index contributed by atoms with van der Waals surface area (Å²) in [5.74, 6) is 1.39. The second-order valence-electron chi connectivity index (χ2n) is 5.67. The van der Waals surface area contributed by atoms with Crippen LogP contribution in [-0.4, -0.2) is 37.0 Å². The van der Waals surface area contributed by atoms with E-state index < -0.39 is 0 Å². The highest BCUT2D eigenvalue weighted by Gasteiger charge is 2.29. The lowest BCUT2D eigenvalue weighted by molar-refractivity contribution is 0.0908. The maximum atomic E-state index is 5.83. The van der Waals surface area contributed by atoms with E-state index >= 15 is 0 Å². The van der Waals surface area contributed by atoms with E-state index in [0.717, 1.165) is 43.0 Å². The Kier molecular flexibility index (Phi) is 5.45. The average molecular weight is 313 g/mol. The van der Waals surface area contributed by atoms with Gasteiger partial charge in [-0.2, -0.15) is 5.10 Å². The molecule has 1 aromatic heterocycles. The first-order chi connectivity index (χ1) is 11.4. The van der Waals surface area contributed by atoms with Gasteiger partial charge in [0.2, 0.25) is 0 Å². The lowest BCUT2D eigenvalue weighted by Crippen LogP contribution is -2.24. The second-order valence-corrected chi connectivity index (χ2v) is 5.67. The highest BCUT2D eigenvalue weighted by atomic mass is 16.5. The Morgan fingerprint density at radius 1 is 1.43 bits per heavy atom. The van der Waals surface area contributed by atoms with Gasteiger partial charge in [0.25, 0.3) is 0 Å². The van der Waals surface area contributed by atoms with Crippen molar-refractivity contribution in [2.24, 2.45) is 5.92 Å². The number of methoxy groups -OCH3 is 1. The van der Waals surface area contributed by atoms with E-state index in [0.29, 0.717) is 5.92 Å². The maximum Gasteiger partial charge on any atom is 0.126 e. The van der Waals surface area contributed by atoms with Crippen LogP contribution >= 0.6 is 0 Å². The standard InChI is InChI=1S/C18H23N3O2/c1-22-17-7-3-2-5-14(17)6-4-9-19-11-15-8-10-23-18(15)16-12-20-21-13-16/h2-7,12-13,15,18-19H,8-11H2,1H3,(H,20,21)/b6-4+/t15-,18+/m1/s1. The van der Waals surface area contributed by atoms with Crippen molar-refractivity contribution in [1.82, 2.24) is 15.5 Å². The normalized spacial score (nSPS) is 21.1. The van der Waals surface area contributed by atoms with Gasteiger partial charge >= 0.3 is 0 Å². The van der Waals surface area contributed by atoms with Crippen LogP contribution < -0.4 is 10.1 Å². The minimum atomic E-state index is 0.152. The molecule has 0 spiro atoms. The number of hydrogen-bond acceptors (Lipinski definition) is 4. The lowest BCUT2D eigenvalue weighted by Gasteiger charge is -2.17. The van der Waals surface area contributed by atoms with Crippen LogP contribution in [0.4, 0.5) is 0 Å². The molecule has 0 amide bonds. The van der Waals surface area contributed by atoms with Crippen molar-refractivity contribution in [2.75, 3.05) is 26.8 Å². The lowest BCUT2D eigenvalue weighted by atomic mass is 9.97. The molecule has 3 rings (SSSR count). The zero-order chi connectivity index (χ0) is 15.9. The third-order valence-electron chi connectivity index (χ3n) is 4.17. The van der Waals surface area contributed by atoms with E-state index in [1.807, 2.05) is 30.6 Å². The first kappa shape index (κ1) is 15.8. The maximum absolute atomic E-state index is 5.83. The molecule has 1 aliphatic heterocycles. The Labute approximate surface area is 136 Å². The minimum absolute atomic E-state index is 0.152. The molecule has 2 atom stereocenters. The molecule has 1 aromatic carbocycles.